The van der Waals surface area contributed by atoms with Gasteiger partial charge in [0, 0.05) is 56.5 Å². The SMILES string of the molecule is C/C(=C\C=C\Cc1ccccn1)[C@H]1OC(=O)C[C@H](O)CC[C@@](C)(O)[C@@H](OC(=O)N2CCN(C3CCCCCC3)CC2)/C=C\[C@@H]1C. The molecule has 0 spiro atoms. The van der Waals surface area contributed by atoms with Crippen LogP contribution in [0.5, 0.6) is 0 Å². The largest absolute Gasteiger partial charge is 0.457 e. The standard InChI is InChI=1S/C36H53N3O6/c1-27(12-8-9-13-29-14-10-11-21-37-29)34-28(2)17-18-32(36(3,43)20-19-31(40)26-33(41)45-34)44-35(42)39-24-22-38(23-25-39)30-15-6-4-5-7-16-30/h8-12,14,17-18,21,28,30-32,34,40,43H,4-7,13,15-16,19-20,22-26H2,1-3H3/b9-8+,18-17-,27-12+/t28-,31+,32-,34+,36+/m0/s1. The van der Waals surface area contributed by atoms with Gasteiger partial charge in [-0.3, -0.25) is 14.7 Å². The summed E-state index contributed by atoms with van der Waals surface area (Å²) in [7, 11) is 0. The molecular weight excluding hydrogens is 570 g/mol. The number of ether oxygens (including phenoxy) is 2. The highest BCUT2D eigenvalue weighted by Crippen LogP contribution is 2.28. The number of hydrogen-bond donors (Lipinski definition) is 2. The van der Waals surface area contributed by atoms with Crippen LogP contribution in [-0.4, -0.2) is 93.2 Å². The highest BCUT2D eigenvalue weighted by Gasteiger charge is 2.37. The molecule has 45 heavy (non-hydrogen) atoms. The number of carbonyl (C=O) groups is 2. The Morgan fingerprint density at radius 1 is 1.11 bits per heavy atom. The first kappa shape index (κ1) is 34.9. The van der Waals surface area contributed by atoms with Crippen molar-refractivity contribution >= 4 is 12.1 Å². The summed E-state index contributed by atoms with van der Waals surface area (Å²) in [5.41, 5.74) is 0.347. The van der Waals surface area contributed by atoms with Crippen LogP contribution >= 0.6 is 0 Å². The average molecular weight is 624 g/mol. The van der Waals surface area contributed by atoms with E-state index >= 15 is 0 Å². The van der Waals surface area contributed by atoms with Gasteiger partial charge in [-0.1, -0.05) is 63.0 Å². The van der Waals surface area contributed by atoms with Gasteiger partial charge in [-0.15, -0.1) is 0 Å². The van der Waals surface area contributed by atoms with Gasteiger partial charge in [0.1, 0.15) is 11.7 Å². The molecule has 3 aliphatic rings. The highest BCUT2D eigenvalue weighted by atomic mass is 16.6. The molecule has 1 aliphatic carbocycles. The second-order valence-electron chi connectivity index (χ2n) is 13.2. The van der Waals surface area contributed by atoms with Crippen molar-refractivity contribution in [3.8, 4) is 0 Å². The summed E-state index contributed by atoms with van der Waals surface area (Å²) in [6.07, 6.45) is 16.7. The van der Waals surface area contributed by atoms with Gasteiger partial charge >= 0.3 is 12.1 Å². The predicted octanol–water partition coefficient (Wildman–Crippen LogP) is 5.37. The number of aliphatic hydroxyl groups is 2. The minimum atomic E-state index is -1.44. The van der Waals surface area contributed by atoms with Crippen LogP contribution in [0.15, 0.2) is 60.3 Å². The maximum Gasteiger partial charge on any atom is 0.410 e. The second kappa shape index (κ2) is 17.1. The lowest BCUT2D eigenvalue weighted by molar-refractivity contribution is -0.151. The van der Waals surface area contributed by atoms with Crippen molar-refractivity contribution in [2.75, 3.05) is 26.2 Å². The zero-order chi connectivity index (χ0) is 32.2. The van der Waals surface area contributed by atoms with Crippen molar-refractivity contribution in [2.24, 2.45) is 5.92 Å². The van der Waals surface area contributed by atoms with E-state index in [-0.39, 0.29) is 25.2 Å². The third kappa shape index (κ3) is 10.8. The van der Waals surface area contributed by atoms with Crippen molar-refractivity contribution in [1.82, 2.24) is 14.8 Å². The van der Waals surface area contributed by atoms with E-state index < -0.39 is 36.0 Å². The van der Waals surface area contributed by atoms with E-state index in [1.807, 2.05) is 56.4 Å². The quantitative estimate of drug-likeness (QED) is 0.188. The molecule has 1 aromatic heterocycles. The summed E-state index contributed by atoms with van der Waals surface area (Å²) in [5, 5.41) is 22.1. The Morgan fingerprint density at radius 3 is 2.53 bits per heavy atom. The maximum atomic E-state index is 13.4. The van der Waals surface area contributed by atoms with Crippen molar-refractivity contribution in [2.45, 2.75) is 115 Å². The molecule has 5 atom stereocenters. The molecule has 248 valence electrons. The number of pyridine rings is 1. The number of piperazine rings is 1. The lowest BCUT2D eigenvalue weighted by Crippen LogP contribution is -2.53. The lowest BCUT2D eigenvalue weighted by Gasteiger charge is -2.40. The Kier molecular flexibility index (Phi) is 13.2. The normalized spacial score (nSPS) is 31.0. The molecule has 1 saturated heterocycles. The number of nitrogens with zero attached hydrogens (tertiary/aromatic N) is 3. The van der Waals surface area contributed by atoms with Gasteiger partial charge in [-0.25, -0.2) is 4.79 Å². The van der Waals surface area contributed by atoms with Crippen LogP contribution in [-0.2, 0) is 20.7 Å². The number of allylic oxidation sites excluding steroid dienone is 3. The monoisotopic (exact) mass is 623 g/mol. The van der Waals surface area contributed by atoms with E-state index in [9.17, 15) is 19.8 Å². The number of cyclic esters (lactones) is 1. The van der Waals surface area contributed by atoms with Gasteiger partial charge in [0.2, 0.25) is 0 Å². The van der Waals surface area contributed by atoms with Gasteiger partial charge in [0.15, 0.2) is 6.10 Å². The molecule has 2 N–H and O–H groups in total. The van der Waals surface area contributed by atoms with Gasteiger partial charge in [-0.05, 0) is 63.3 Å². The smallest absolute Gasteiger partial charge is 0.410 e. The summed E-state index contributed by atoms with van der Waals surface area (Å²) >= 11 is 0. The molecule has 9 nitrogen and oxygen atoms in total. The van der Waals surface area contributed by atoms with Crippen LogP contribution in [0.4, 0.5) is 4.79 Å². The Morgan fingerprint density at radius 2 is 1.84 bits per heavy atom. The Bertz CT molecular complexity index is 1170. The molecule has 2 aliphatic heterocycles. The van der Waals surface area contributed by atoms with Crippen molar-refractivity contribution in [3.05, 3.63) is 66.0 Å². The number of hydrogen-bond acceptors (Lipinski definition) is 8. The van der Waals surface area contributed by atoms with Crippen molar-refractivity contribution < 1.29 is 29.3 Å². The Labute approximate surface area is 269 Å². The predicted molar refractivity (Wildman–Crippen MR) is 174 cm³/mol. The lowest BCUT2D eigenvalue weighted by atomic mass is 9.89. The van der Waals surface area contributed by atoms with E-state index in [2.05, 4.69) is 9.88 Å². The molecule has 0 aromatic carbocycles. The molecule has 0 radical (unpaired) electrons. The van der Waals surface area contributed by atoms with Crippen LogP contribution in [0.3, 0.4) is 0 Å². The Hall–Kier alpha value is -3.01. The molecule has 0 bridgehead atoms. The number of amides is 1. The van der Waals surface area contributed by atoms with E-state index in [4.69, 9.17) is 9.47 Å². The number of rotatable bonds is 6. The third-order valence-corrected chi connectivity index (χ3v) is 9.46. The number of carbonyl (C=O) groups excluding carboxylic acids is 2. The van der Waals surface area contributed by atoms with Crippen molar-refractivity contribution in [1.29, 1.82) is 0 Å². The third-order valence-electron chi connectivity index (χ3n) is 9.46. The van der Waals surface area contributed by atoms with Gasteiger partial charge < -0.3 is 24.6 Å². The zero-order valence-electron chi connectivity index (χ0n) is 27.4. The molecule has 1 amide bonds. The summed E-state index contributed by atoms with van der Waals surface area (Å²) in [4.78, 5) is 34.7. The first-order valence-electron chi connectivity index (χ1n) is 16.8. The minimum Gasteiger partial charge on any atom is -0.457 e. The highest BCUT2D eigenvalue weighted by molar-refractivity contribution is 5.70. The maximum absolute atomic E-state index is 13.4. The number of aliphatic hydroxyl groups excluding tert-OH is 1. The first-order chi connectivity index (χ1) is 21.6. The summed E-state index contributed by atoms with van der Waals surface area (Å²) in [6.45, 7) is 8.29. The average Bonchev–Trinajstić information content (AvgIpc) is 3.32. The number of aromatic nitrogens is 1. The molecular formula is C36H53N3O6. The van der Waals surface area contributed by atoms with Crippen LogP contribution in [0.2, 0.25) is 0 Å². The van der Waals surface area contributed by atoms with Crippen LogP contribution in [0.25, 0.3) is 0 Å². The fraction of sp³-hybridized carbons (Fsp3) is 0.639. The van der Waals surface area contributed by atoms with Gasteiger partial charge in [0.05, 0.1) is 12.5 Å². The fourth-order valence-electron chi connectivity index (χ4n) is 6.55. The van der Waals surface area contributed by atoms with Crippen LogP contribution in [0, 0.1) is 5.92 Å². The van der Waals surface area contributed by atoms with Crippen molar-refractivity contribution in [3.63, 3.8) is 0 Å². The zero-order valence-corrected chi connectivity index (χ0v) is 27.4. The first-order valence-corrected chi connectivity index (χ1v) is 16.8. The summed E-state index contributed by atoms with van der Waals surface area (Å²) < 4.78 is 11.8. The molecule has 1 aromatic rings. The van der Waals surface area contributed by atoms with E-state index in [0.29, 0.717) is 25.6 Å². The van der Waals surface area contributed by atoms with E-state index in [1.165, 1.54) is 38.5 Å². The molecule has 0 unspecified atom stereocenters. The topological polar surface area (TPSA) is 112 Å². The summed E-state index contributed by atoms with van der Waals surface area (Å²) in [5.74, 6) is -0.782. The molecule has 4 rings (SSSR count). The molecule has 3 heterocycles. The van der Waals surface area contributed by atoms with Crippen LogP contribution in [0.1, 0.15) is 84.3 Å². The molecule has 1 saturated carbocycles. The van der Waals surface area contributed by atoms with E-state index in [1.54, 1.807) is 24.1 Å². The van der Waals surface area contributed by atoms with Crippen LogP contribution < -0.4 is 0 Å². The number of esters is 1. The molecule has 2 fully saturated rings. The summed E-state index contributed by atoms with van der Waals surface area (Å²) in [6, 6.07) is 6.39. The molecule has 9 heteroatoms. The second-order valence-corrected chi connectivity index (χ2v) is 13.2. The Balaban J connectivity index is 1.44. The van der Waals surface area contributed by atoms with Gasteiger partial charge in [-0.2, -0.15) is 0 Å². The minimum absolute atomic E-state index is 0.150. The van der Waals surface area contributed by atoms with E-state index in [0.717, 1.165) is 24.4 Å². The van der Waals surface area contributed by atoms with Gasteiger partial charge in [0.25, 0.3) is 0 Å². The fourth-order valence-corrected chi connectivity index (χ4v) is 6.55.